The van der Waals surface area contributed by atoms with Gasteiger partial charge in [-0.25, -0.2) is 8.42 Å². The van der Waals surface area contributed by atoms with Crippen LogP contribution in [0.1, 0.15) is 49.1 Å². The summed E-state index contributed by atoms with van der Waals surface area (Å²) in [5.41, 5.74) is 2.40. The molecular weight excluding hydrogens is 570 g/mol. The van der Waals surface area contributed by atoms with Crippen molar-refractivity contribution < 1.29 is 23.1 Å². The molecule has 0 saturated carbocycles. The molecule has 212 valence electrons. The van der Waals surface area contributed by atoms with Gasteiger partial charge in [-0.1, -0.05) is 48.0 Å². The Balaban J connectivity index is 1.44. The number of hydrogen-bond donors (Lipinski definition) is 2. The van der Waals surface area contributed by atoms with Crippen LogP contribution in [0.5, 0.6) is 0 Å². The summed E-state index contributed by atoms with van der Waals surface area (Å²) < 4.78 is 34.3. The van der Waals surface area contributed by atoms with Crippen LogP contribution >= 0.6 is 22.9 Å². The number of amides is 1. The number of thiophene rings is 1. The van der Waals surface area contributed by atoms with E-state index in [0.717, 1.165) is 40.8 Å². The van der Waals surface area contributed by atoms with Crippen molar-refractivity contribution in [3.05, 3.63) is 81.3 Å². The fourth-order valence-electron chi connectivity index (χ4n) is 5.05. The molecule has 1 atom stereocenters. The molecule has 3 heterocycles. The second kappa shape index (κ2) is 11.6. The van der Waals surface area contributed by atoms with E-state index in [4.69, 9.17) is 21.4 Å². The fourth-order valence-corrected chi connectivity index (χ4v) is 7.89. The molecule has 1 fully saturated rings. The minimum absolute atomic E-state index is 0.000185. The molecule has 0 spiro atoms. The number of benzene rings is 2. The zero-order valence-electron chi connectivity index (χ0n) is 22.4. The molecule has 5 rings (SSSR count). The SMILES string of the molecule is CC(C)(O)c1cccc2c1c(CS(=O)(=O)c1ccc(Cl)s1)nn2Cc1cccc(CNC(=O)[C@@H]2CCCOC2)c1. The third-order valence-electron chi connectivity index (χ3n) is 7.01. The highest BCUT2D eigenvalue weighted by Crippen LogP contribution is 2.34. The Hall–Kier alpha value is -2.76. The van der Waals surface area contributed by atoms with Gasteiger partial charge in [0.15, 0.2) is 9.84 Å². The maximum absolute atomic E-state index is 13.3. The maximum atomic E-state index is 13.3. The van der Waals surface area contributed by atoms with Gasteiger partial charge in [-0.05, 0) is 61.6 Å². The molecule has 1 aliphatic rings. The Morgan fingerprint density at radius 2 is 1.98 bits per heavy atom. The molecule has 0 aliphatic carbocycles. The number of aliphatic hydroxyl groups is 1. The van der Waals surface area contributed by atoms with E-state index in [0.29, 0.717) is 47.3 Å². The standard InChI is InChI=1S/C29H32ClN3O5S2/c1-29(2,35)22-9-4-10-24-27(22)23(18-40(36,37)26-12-11-25(30)39-26)32-33(24)16-20-7-3-6-19(14-20)15-31-28(34)21-8-5-13-38-17-21/h3-4,6-7,9-12,14,21,35H,5,8,13,15-18H2,1-2H3,(H,31,34)/t21-/m1/s1. The van der Waals surface area contributed by atoms with Crippen LogP contribution in [0, 0.1) is 5.92 Å². The van der Waals surface area contributed by atoms with E-state index in [-0.39, 0.29) is 21.8 Å². The van der Waals surface area contributed by atoms with E-state index in [1.807, 2.05) is 36.4 Å². The van der Waals surface area contributed by atoms with E-state index in [1.54, 1.807) is 30.7 Å². The van der Waals surface area contributed by atoms with Crippen molar-refractivity contribution in [2.45, 2.75) is 55.3 Å². The highest BCUT2D eigenvalue weighted by atomic mass is 35.5. The van der Waals surface area contributed by atoms with E-state index in [2.05, 4.69) is 5.32 Å². The monoisotopic (exact) mass is 601 g/mol. The van der Waals surface area contributed by atoms with Crippen molar-refractivity contribution in [3.8, 4) is 0 Å². The highest BCUT2D eigenvalue weighted by molar-refractivity contribution is 7.92. The summed E-state index contributed by atoms with van der Waals surface area (Å²) >= 11 is 7.02. The van der Waals surface area contributed by atoms with Crippen LogP contribution in [0.4, 0.5) is 0 Å². The lowest BCUT2D eigenvalue weighted by Gasteiger charge is -2.21. The molecule has 11 heteroatoms. The van der Waals surface area contributed by atoms with Crippen molar-refractivity contribution in [3.63, 3.8) is 0 Å². The number of nitrogens with zero attached hydrogens (tertiary/aromatic N) is 2. The molecule has 8 nitrogen and oxygen atoms in total. The summed E-state index contributed by atoms with van der Waals surface area (Å²) in [6, 6.07) is 16.5. The van der Waals surface area contributed by atoms with Gasteiger partial charge in [-0.3, -0.25) is 9.48 Å². The van der Waals surface area contributed by atoms with Gasteiger partial charge in [-0.2, -0.15) is 5.10 Å². The minimum Gasteiger partial charge on any atom is -0.386 e. The smallest absolute Gasteiger partial charge is 0.225 e. The summed E-state index contributed by atoms with van der Waals surface area (Å²) in [7, 11) is -3.71. The lowest BCUT2D eigenvalue weighted by Crippen LogP contribution is -2.35. The van der Waals surface area contributed by atoms with Gasteiger partial charge in [0.05, 0.1) is 40.2 Å². The largest absolute Gasteiger partial charge is 0.386 e. The number of rotatable bonds is 9. The highest BCUT2D eigenvalue weighted by Gasteiger charge is 2.28. The first kappa shape index (κ1) is 28.8. The third kappa shape index (κ3) is 6.42. The van der Waals surface area contributed by atoms with Crippen LogP contribution in [-0.2, 0) is 43.8 Å². The Labute approximate surface area is 242 Å². The van der Waals surface area contributed by atoms with E-state index < -0.39 is 15.4 Å². The Morgan fingerprint density at radius 3 is 2.67 bits per heavy atom. The summed E-state index contributed by atoms with van der Waals surface area (Å²) in [4.78, 5) is 12.5. The number of carbonyl (C=O) groups excluding carboxylic acids is 1. The molecular formula is C29H32ClN3O5S2. The molecule has 2 N–H and O–H groups in total. The molecule has 0 unspecified atom stereocenters. The van der Waals surface area contributed by atoms with Crippen molar-refractivity contribution in [2.24, 2.45) is 5.92 Å². The first-order valence-corrected chi connectivity index (χ1v) is 16.0. The van der Waals surface area contributed by atoms with Gasteiger partial charge in [-0.15, -0.1) is 11.3 Å². The molecule has 4 aromatic rings. The van der Waals surface area contributed by atoms with Crippen LogP contribution in [0.25, 0.3) is 10.9 Å². The average molecular weight is 602 g/mol. The molecule has 2 aromatic heterocycles. The summed E-state index contributed by atoms with van der Waals surface area (Å²) in [5.74, 6) is -0.436. The van der Waals surface area contributed by atoms with Crippen LogP contribution in [0.3, 0.4) is 0 Å². The van der Waals surface area contributed by atoms with Gasteiger partial charge in [0.25, 0.3) is 0 Å². The molecule has 40 heavy (non-hydrogen) atoms. The van der Waals surface area contributed by atoms with Gasteiger partial charge in [0.1, 0.15) is 9.96 Å². The Bertz CT molecular complexity index is 1630. The van der Waals surface area contributed by atoms with Crippen LogP contribution in [-0.4, -0.2) is 42.4 Å². The van der Waals surface area contributed by atoms with Gasteiger partial charge in [0, 0.05) is 18.5 Å². The van der Waals surface area contributed by atoms with E-state index in [1.165, 1.54) is 6.07 Å². The number of aromatic nitrogens is 2. The maximum Gasteiger partial charge on any atom is 0.225 e. The predicted molar refractivity (Wildman–Crippen MR) is 156 cm³/mol. The number of sulfone groups is 1. The van der Waals surface area contributed by atoms with Crippen LogP contribution in [0.15, 0.2) is 58.8 Å². The third-order valence-corrected chi connectivity index (χ3v) is 10.5. The quantitative estimate of drug-likeness (QED) is 0.278. The normalized spacial score (nSPS) is 16.4. The molecule has 2 aromatic carbocycles. The lowest BCUT2D eigenvalue weighted by atomic mass is 9.94. The molecule has 1 amide bonds. The molecule has 0 bridgehead atoms. The molecule has 1 saturated heterocycles. The number of halogens is 1. The zero-order valence-corrected chi connectivity index (χ0v) is 24.8. The molecule has 1 aliphatic heterocycles. The predicted octanol–water partition coefficient (Wildman–Crippen LogP) is 5.04. The lowest BCUT2D eigenvalue weighted by molar-refractivity contribution is -0.129. The first-order valence-electron chi connectivity index (χ1n) is 13.1. The van der Waals surface area contributed by atoms with Crippen LogP contribution < -0.4 is 5.32 Å². The number of carbonyl (C=O) groups is 1. The molecule has 0 radical (unpaired) electrons. The number of nitrogens with one attached hydrogen (secondary N) is 1. The van der Waals surface area contributed by atoms with Gasteiger partial charge < -0.3 is 15.2 Å². The van der Waals surface area contributed by atoms with Crippen molar-refractivity contribution >= 4 is 49.6 Å². The second-order valence-corrected chi connectivity index (χ2v) is 14.6. The van der Waals surface area contributed by atoms with Crippen molar-refractivity contribution in [2.75, 3.05) is 13.2 Å². The number of ether oxygens (including phenoxy) is 1. The summed E-state index contributed by atoms with van der Waals surface area (Å²) in [6.07, 6.45) is 1.73. The Kier molecular flexibility index (Phi) is 8.35. The van der Waals surface area contributed by atoms with Crippen LogP contribution in [0.2, 0.25) is 4.34 Å². The number of hydrogen-bond acceptors (Lipinski definition) is 7. The minimum atomic E-state index is -3.71. The average Bonchev–Trinajstić information content (AvgIpc) is 3.51. The first-order chi connectivity index (χ1) is 19.0. The zero-order chi connectivity index (χ0) is 28.5. The Morgan fingerprint density at radius 1 is 1.20 bits per heavy atom. The van der Waals surface area contributed by atoms with Crippen molar-refractivity contribution in [1.82, 2.24) is 15.1 Å². The van der Waals surface area contributed by atoms with Gasteiger partial charge >= 0.3 is 0 Å². The summed E-state index contributed by atoms with van der Waals surface area (Å²) in [6.45, 7) is 5.30. The topological polar surface area (TPSA) is 111 Å². The fraction of sp³-hybridized carbons (Fsp3) is 0.379. The summed E-state index contributed by atoms with van der Waals surface area (Å²) in [5, 5.41) is 19.3. The van der Waals surface area contributed by atoms with E-state index in [9.17, 15) is 18.3 Å². The van der Waals surface area contributed by atoms with E-state index >= 15 is 0 Å². The second-order valence-electron chi connectivity index (χ2n) is 10.6. The number of fused-ring (bicyclic) bond motifs is 1. The van der Waals surface area contributed by atoms with Crippen molar-refractivity contribution in [1.29, 1.82) is 0 Å². The van der Waals surface area contributed by atoms with Gasteiger partial charge in [0.2, 0.25) is 5.91 Å².